The number of nitriles is 1. The van der Waals surface area contributed by atoms with Gasteiger partial charge >= 0.3 is 0 Å². The second-order valence-electron chi connectivity index (χ2n) is 0.475. The van der Waals surface area contributed by atoms with Crippen molar-refractivity contribution < 1.29 is 4.21 Å². The van der Waals surface area contributed by atoms with Crippen molar-refractivity contribution in [3.63, 3.8) is 0 Å². The van der Waals surface area contributed by atoms with Crippen molar-refractivity contribution in [2.45, 2.75) is 0 Å². The predicted octanol–water partition coefficient (Wildman–Crippen LogP) is -0.320. The van der Waals surface area contributed by atoms with Gasteiger partial charge in [-0.25, -0.2) is 4.21 Å². The third-order valence-electron chi connectivity index (χ3n) is 0.172. The number of hydrogen-bond acceptors (Lipinski definition) is 2. The second-order valence-corrected chi connectivity index (χ2v) is 0.877. The molecule has 0 saturated carbocycles. The molecule has 0 bridgehead atoms. The molecule has 0 unspecified atom stereocenters. The van der Waals surface area contributed by atoms with E-state index >= 15 is 0 Å². The highest BCUT2D eigenvalue weighted by molar-refractivity contribution is 7.64. The molecular weight excluding hydrogens is 98.1 g/mol. The summed E-state index contributed by atoms with van der Waals surface area (Å²) in [5, 5.41) is 9.75. The fourth-order valence-electron chi connectivity index (χ4n) is 0.0504. The van der Waals surface area contributed by atoms with Gasteiger partial charge in [-0.3, -0.25) is 0 Å². The van der Waals surface area contributed by atoms with Gasteiger partial charge in [0.25, 0.3) is 0 Å². The fourth-order valence-corrected chi connectivity index (χ4v) is 0.151. The van der Waals surface area contributed by atoms with Gasteiger partial charge in [-0.1, -0.05) is 0 Å². The summed E-state index contributed by atoms with van der Waals surface area (Å²) < 4.78 is 9.31. The van der Waals surface area contributed by atoms with Crippen molar-refractivity contribution in [1.29, 1.82) is 5.26 Å². The van der Waals surface area contributed by atoms with Gasteiger partial charge in [0, 0.05) is 0 Å². The first kappa shape index (κ1) is 5.16. The molecule has 6 heavy (non-hydrogen) atoms. The summed E-state index contributed by atoms with van der Waals surface area (Å²) in [6.45, 7) is 0. The average molecular weight is 99.1 g/mol. The topological polar surface area (TPSA) is 40.9 Å². The Bertz CT molecular complexity index is 145. The number of hydrogen-bond donors (Lipinski definition) is 0. The number of allylic oxidation sites excluding steroid dienone is 1. The molecule has 0 atom stereocenters. The predicted molar refractivity (Wildman–Crippen MR) is 23.3 cm³/mol. The molecule has 0 aliphatic carbocycles. The van der Waals surface area contributed by atoms with Gasteiger partial charge in [-0.15, -0.1) is 0 Å². The lowest BCUT2D eigenvalue weighted by atomic mass is 10.7. The van der Waals surface area contributed by atoms with Crippen LogP contribution in [0.2, 0.25) is 0 Å². The van der Waals surface area contributed by atoms with Gasteiger partial charge < -0.3 is 0 Å². The Labute approximate surface area is 38.8 Å². The third kappa shape index (κ3) is 3.16. The van der Waals surface area contributed by atoms with E-state index in [0.29, 0.717) is 0 Å². The Morgan fingerprint density at radius 3 is 2.67 bits per heavy atom. The van der Waals surface area contributed by atoms with E-state index < -0.39 is 0 Å². The first-order chi connectivity index (χ1) is 2.91. The van der Waals surface area contributed by atoms with E-state index in [1.807, 2.05) is 0 Å². The fraction of sp³-hybridized carbons (Fsp3) is 0. The number of nitrogens with zero attached hydrogens (tertiary/aromatic N) is 1. The monoisotopic (exact) mass is 99.0 g/mol. The maximum Gasteiger partial charge on any atom is 0.143 e. The first-order valence-electron chi connectivity index (χ1n) is 1.17. The molecule has 0 radical (unpaired) electrons. The van der Waals surface area contributed by atoms with E-state index in [0.717, 1.165) is 6.08 Å². The molecule has 0 aromatic rings. The van der Waals surface area contributed by atoms with E-state index in [1.165, 1.54) is 0 Å². The van der Waals surface area contributed by atoms with Crippen molar-refractivity contribution in [2.24, 2.45) is 0 Å². The molecule has 0 saturated heterocycles. The Hall–Kier alpha value is -0.840. The van der Waals surface area contributed by atoms with Crippen LogP contribution in [0.15, 0.2) is 6.08 Å². The molecule has 0 fully saturated rings. The zero-order chi connectivity index (χ0) is 4.83. The van der Waals surface area contributed by atoms with Gasteiger partial charge in [-0.2, -0.15) is 5.26 Å². The minimum Gasteiger partial charge on any atom is -0.203 e. The molecular formula is C3HNOS. The highest BCUT2D eigenvalue weighted by Crippen LogP contribution is 1.41. The summed E-state index contributed by atoms with van der Waals surface area (Å²) in [5.41, 5.74) is 0. The summed E-state index contributed by atoms with van der Waals surface area (Å²) in [6, 6.07) is 1.61. The zero-order valence-electron chi connectivity index (χ0n) is 2.84. The van der Waals surface area contributed by atoms with Gasteiger partial charge in [0.1, 0.15) is 17.3 Å². The lowest BCUT2D eigenvalue weighted by molar-refractivity contribution is 0.701. The van der Waals surface area contributed by atoms with Gasteiger partial charge in [0.2, 0.25) is 0 Å². The van der Waals surface area contributed by atoms with Crippen LogP contribution in [-0.4, -0.2) is 9.23 Å². The zero-order valence-corrected chi connectivity index (χ0v) is 3.66. The maximum atomic E-state index is 9.31. The Kier molecular flexibility index (Phi) is 3.58. The summed E-state index contributed by atoms with van der Waals surface area (Å²) >= 11 is 0.148. The van der Waals surface area contributed by atoms with Crippen molar-refractivity contribution in [3.8, 4) is 6.07 Å². The van der Waals surface area contributed by atoms with E-state index in [2.05, 4.69) is 5.02 Å². The van der Waals surface area contributed by atoms with Crippen LogP contribution in [0.1, 0.15) is 0 Å². The van der Waals surface area contributed by atoms with Gasteiger partial charge in [0.15, 0.2) is 0 Å². The third-order valence-corrected chi connectivity index (χ3v) is 0.386. The molecule has 3 heteroatoms. The molecule has 0 aromatic carbocycles. The Morgan fingerprint density at radius 1 is 1.83 bits per heavy atom. The highest BCUT2D eigenvalue weighted by atomic mass is 32.1. The molecule has 0 aliphatic rings. The minimum absolute atomic E-state index is 0.148. The molecule has 0 spiro atoms. The molecule has 0 N–H and O–H groups in total. The van der Waals surface area contributed by atoms with Gasteiger partial charge in [0.05, 0.1) is 6.08 Å². The SMILES string of the molecule is N#CC=C=S=O. The second kappa shape index (κ2) is 4.16. The highest BCUT2D eigenvalue weighted by Gasteiger charge is 1.46. The lowest BCUT2D eigenvalue weighted by Crippen LogP contribution is -1.44. The summed E-state index contributed by atoms with van der Waals surface area (Å²) in [5.74, 6) is 0. The van der Waals surface area contributed by atoms with Crippen molar-refractivity contribution in [3.05, 3.63) is 6.08 Å². The number of rotatable bonds is 0. The minimum atomic E-state index is 0.148. The Balaban J connectivity index is 3.91. The van der Waals surface area contributed by atoms with Crippen LogP contribution in [0.4, 0.5) is 0 Å². The summed E-state index contributed by atoms with van der Waals surface area (Å²) in [4.78, 5) is 0. The van der Waals surface area contributed by atoms with Crippen molar-refractivity contribution in [1.82, 2.24) is 0 Å². The van der Waals surface area contributed by atoms with E-state index in [1.54, 1.807) is 6.07 Å². The largest absolute Gasteiger partial charge is 0.203 e. The standard InChI is InChI=1S/C3HNOS/c4-2-1-3-6-5/h1H. The van der Waals surface area contributed by atoms with E-state index in [4.69, 9.17) is 5.26 Å². The Morgan fingerprint density at radius 2 is 2.50 bits per heavy atom. The molecule has 30 valence electrons. The van der Waals surface area contributed by atoms with E-state index in [-0.39, 0.29) is 11.3 Å². The smallest absolute Gasteiger partial charge is 0.143 e. The molecule has 0 rings (SSSR count). The van der Waals surface area contributed by atoms with E-state index in [9.17, 15) is 4.21 Å². The molecule has 0 aromatic heterocycles. The summed E-state index contributed by atoms with van der Waals surface area (Å²) in [6.07, 6.45) is 1.01. The maximum absolute atomic E-state index is 9.31. The summed E-state index contributed by atoms with van der Waals surface area (Å²) in [7, 11) is 0. The van der Waals surface area contributed by atoms with Crippen LogP contribution in [-0.2, 0) is 11.3 Å². The molecule has 0 amide bonds. The van der Waals surface area contributed by atoms with Crippen molar-refractivity contribution >= 4 is 16.3 Å². The van der Waals surface area contributed by atoms with Crippen LogP contribution >= 0.6 is 0 Å². The molecule has 0 aliphatic heterocycles. The van der Waals surface area contributed by atoms with Gasteiger partial charge in [-0.05, 0) is 5.02 Å². The first-order valence-corrected chi connectivity index (χ1v) is 1.91. The van der Waals surface area contributed by atoms with Crippen LogP contribution < -0.4 is 0 Å². The average Bonchev–Trinajstić information content (AvgIpc) is 1.61. The van der Waals surface area contributed by atoms with Crippen LogP contribution in [0.3, 0.4) is 0 Å². The van der Waals surface area contributed by atoms with Crippen molar-refractivity contribution in [2.75, 3.05) is 0 Å². The van der Waals surface area contributed by atoms with Crippen LogP contribution in [0.25, 0.3) is 0 Å². The quantitative estimate of drug-likeness (QED) is 0.308. The molecule has 0 heterocycles. The lowest BCUT2D eigenvalue weighted by Gasteiger charge is -1.35. The normalized spacial score (nSPS) is 4.50. The van der Waals surface area contributed by atoms with Crippen LogP contribution in [0, 0.1) is 11.3 Å². The molecule has 2 nitrogen and oxygen atoms in total. The van der Waals surface area contributed by atoms with Crippen LogP contribution in [0.5, 0.6) is 0 Å².